The minimum atomic E-state index is -0.692. The number of ether oxygens (including phenoxy) is 2. The number of carbonyl (C=O) groups is 1. The topological polar surface area (TPSA) is 80.4 Å². The summed E-state index contributed by atoms with van der Waals surface area (Å²) in [7, 11) is 1.24. The van der Waals surface area contributed by atoms with Crippen LogP contribution in [-0.4, -0.2) is 37.3 Å². The smallest absolute Gasteiger partial charge is 0.345 e. The predicted molar refractivity (Wildman–Crippen MR) is 88.4 cm³/mol. The zero-order valence-electron chi connectivity index (χ0n) is 12.6. The molecule has 0 radical (unpaired) electrons. The third kappa shape index (κ3) is 3.04. The van der Waals surface area contributed by atoms with Crippen molar-refractivity contribution in [3.63, 3.8) is 0 Å². The molecule has 2 aromatic rings. The van der Waals surface area contributed by atoms with E-state index < -0.39 is 11.5 Å². The van der Waals surface area contributed by atoms with Crippen LogP contribution in [0.15, 0.2) is 23.0 Å². The number of fused-ring (bicyclic) bond motifs is 1. The monoisotopic (exact) mass is 336 g/mol. The minimum Gasteiger partial charge on any atom is -0.465 e. The van der Waals surface area contributed by atoms with E-state index in [1.54, 1.807) is 18.2 Å². The van der Waals surface area contributed by atoms with Crippen LogP contribution in [0.1, 0.15) is 23.2 Å². The van der Waals surface area contributed by atoms with Crippen LogP contribution in [0.5, 0.6) is 0 Å². The van der Waals surface area contributed by atoms with Crippen molar-refractivity contribution in [1.29, 1.82) is 0 Å². The first-order valence-electron chi connectivity index (χ1n) is 7.40. The maximum absolute atomic E-state index is 12.3. The van der Waals surface area contributed by atoms with Crippen LogP contribution >= 0.6 is 11.6 Å². The second kappa shape index (κ2) is 6.60. The second-order valence-corrected chi connectivity index (χ2v) is 5.78. The fourth-order valence-electron chi connectivity index (χ4n) is 2.79. The lowest BCUT2D eigenvalue weighted by molar-refractivity contribution is 0.0599. The van der Waals surface area contributed by atoms with Crippen molar-refractivity contribution >= 4 is 34.2 Å². The molecule has 0 saturated carbocycles. The van der Waals surface area contributed by atoms with Gasteiger partial charge in [-0.1, -0.05) is 23.7 Å². The highest BCUT2D eigenvalue weighted by Crippen LogP contribution is 2.29. The summed E-state index contributed by atoms with van der Waals surface area (Å²) in [4.78, 5) is 27.0. The van der Waals surface area contributed by atoms with E-state index in [-0.39, 0.29) is 11.7 Å². The molecule has 1 fully saturated rings. The van der Waals surface area contributed by atoms with Crippen LogP contribution < -0.4 is 10.9 Å². The highest BCUT2D eigenvalue weighted by Gasteiger charge is 2.22. The number of H-pyrrole nitrogens is 1. The van der Waals surface area contributed by atoms with E-state index in [4.69, 9.17) is 21.1 Å². The minimum absolute atomic E-state index is 0.0553. The highest BCUT2D eigenvalue weighted by molar-refractivity contribution is 6.35. The lowest BCUT2D eigenvalue weighted by atomic mass is 10.1. The SMILES string of the molecule is COC(=O)c1c(NC[C@@H]2CCCO2)c2cccc(Cl)c2[nH]c1=O. The zero-order valence-corrected chi connectivity index (χ0v) is 13.4. The van der Waals surface area contributed by atoms with E-state index in [1.807, 2.05) is 0 Å². The van der Waals surface area contributed by atoms with Crippen LogP contribution in [-0.2, 0) is 9.47 Å². The van der Waals surface area contributed by atoms with E-state index in [0.717, 1.165) is 19.4 Å². The number of methoxy groups -OCH3 is 1. The molecule has 23 heavy (non-hydrogen) atoms. The summed E-state index contributed by atoms with van der Waals surface area (Å²) in [6.45, 7) is 1.24. The number of nitrogens with one attached hydrogen (secondary N) is 2. The van der Waals surface area contributed by atoms with Gasteiger partial charge in [0.05, 0.1) is 29.4 Å². The van der Waals surface area contributed by atoms with E-state index in [0.29, 0.717) is 28.2 Å². The largest absolute Gasteiger partial charge is 0.465 e. The molecule has 1 aromatic carbocycles. The Morgan fingerprint density at radius 3 is 3.04 bits per heavy atom. The van der Waals surface area contributed by atoms with Gasteiger partial charge < -0.3 is 19.8 Å². The van der Waals surface area contributed by atoms with Crippen molar-refractivity contribution in [2.24, 2.45) is 0 Å². The summed E-state index contributed by atoms with van der Waals surface area (Å²) in [5, 5.41) is 4.25. The zero-order chi connectivity index (χ0) is 16.4. The van der Waals surface area contributed by atoms with Crippen molar-refractivity contribution in [1.82, 2.24) is 4.98 Å². The third-order valence-electron chi connectivity index (χ3n) is 3.92. The average molecular weight is 337 g/mol. The van der Waals surface area contributed by atoms with Gasteiger partial charge >= 0.3 is 5.97 Å². The fourth-order valence-corrected chi connectivity index (χ4v) is 3.01. The molecule has 1 saturated heterocycles. The van der Waals surface area contributed by atoms with Gasteiger partial charge in [0.1, 0.15) is 5.56 Å². The fraction of sp³-hybridized carbons (Fsp3) is 0.375. The van der Waals surface area contributed by atoms with Gasteiger partial charge in [-0.05, 0) is 18.9 Å². The van der Waals surface area contributed by atoms with Gasteiger partial charge in [0.2, 0.25) is 0 Å². The number of carbonyl (C=O) groups excluding carboxylic acids is 1. The molecule has 122 valence electrons. The molecule has 1 atom stereocenters. The van der Waals surface area contributed by atoms with Gasteiger partial charge in [-0.3, -0.25) is 4.79 Å². The third-order valence-corrected chi connectivity index (χ3v) is 4.23. The Kier molecular flexibility index (Phi) is 4.54. The molecule has 1 aromatic heterocycles. The number of hydrogen-bond donors (Lipinski definition) is 2. The number of aromatic amines is 1. The molecule has 3 rings (SSSR count). The quantitative estimate of drug-likeness (QED) is 0.839. The van der Waals surface area contributed by atoms with Gasteiger partial charge in [-0.25, -0.2) is 4.79 Å². The number of anilines is 1. The maximum atomic E-state index is 12.3. The molecule has 7 heteroatoms. The van der Waals surface area contributed by atoms with Gasteiger partial charge in [0.15, 0.2) is 0 Å². The molecular weight excluding hydrogens is 320 g/mol. The first-order valence-corrected chi connectivity index (χ1v) is 7.78. The van der Waals surface area contributed by atoms with Gasteiger partial charge in [-0.2, -0.15) is 0 Å². The van der Waals surface area contributed by atoms with E-state index in [1.165, 1.54) is 7.11 Å². The number of hydrogen-bond acceptors (Lipinski definition) is 5. The Morgan fingerprint density at radius 2 is 2.35 bits per heavy atom. The molecule has 0 spiro atoms. The average Bonchev–Trinajstić information content (AvgIpc) is 3.06. The molecule has 0 bridgehead atoms. The van der Waals surface area contributed by atoms with Crippen LogP contribution in [0.4, 0.5) is 5.69 Å². The molecule has 0 unspecified atom stereocenters. The summed E-state index contributed by atoms with van der Waals surface area (Å²) in [5.74, 6) is -0.692. The number of halogens is 1. The van der Waals surface area contributed by atoms with Crippen LogP contribution in [0.25, 0.3) is 10.9 Å². The van der Waals surface area contributed by atoms with Crippen molar-refractivity contribution in [2.45, 2.75) is 18.9 Å². The molecular formula is C16H17ClN2O4. The van der Waals surface area contributed by atoms with Gasteiger partial charge in [0.25, 0.3) is 5.56 Å². The summed E-state index contributed by atoms with van der Waals surface area (Å²) in [5.41, 5.74) is 0.322. The number of rotatable bonds is 4. The van der Waals surface area contributed by atoms with Crippen molar-refractivity contribution in [3.8, 4) is 0 Å². The first kappa shape index (κ1) is 15.8. The molecule has 6 nitrogen and oxygen atoms in total. The normalized spacial score (nSPS) is 17.4. The van der Waals surface area contributed by atoms with Crippen molar-refractivity contribution in [3.05, 3.63) is 39.1 Å². The summed E-state index contributed by atoms with van der Waals surface area (Å²) >= 11 is 6.16. The molecule has 1 aliphatic rings. The number of esters is 1. The van der Waals surface area contributed by atoms with E-state index in [9.17, 15) is 9.59 Å². The van der Waals surface area contributed by atoms with Gasteiger partial charge in [0, 0.05) is 18.5 Å². The Bertz CT molecular complexity index is 797. The molecule has 2 heterocycles. The Hall–Kier alpha value is -2.05. The number of benzene rings is 1. The van der Waals surface area contributed by atoms with Crippen LogP contribution in [0.2, 0.25) is 5.02 Å². The molecule has 0 amide bonds. The Labute approximate surface area is 137 Å². The van der Waals surface area contributed by atoms with Crippen LogP contribution in [0.3, 0.4) is 0 Å². The molecule has 2 N–H and O–H groups in total. The predicted octanol–water partition coefficient (Wildman–Crippen LogP) is 2.56. The van der Waals surface area contributed by atoms with Crippen molar-refractivity contribution < 1.29 is 14.3 Å². The van der Waals surface area contributed by atoms with E-state index in [2.05, 4.69) is 10.3 Å². The van der Waals surface area contributed by atoms with Crippen molar-refractivity contribution in [2.75, 3.05) is 25.6 Å². The highest BCUT2D eigenvalue weighted by atomic mass is 35.5. The van der Waals surface area contributed by atoms with Gasteiger partial charge in [-0.15, -0.1) is 0 Å². The standard InChI is InChI=1S/C16H17ClN2O4/c1-22-16(21)12-14(18-8-9-4-3-7-23-9)10-5-2-6-11(17)13(10)19-15(12)20/h2,5-6,9H,3-4,7-8H2,1H3,(H2,18,19,20)/t9-/m0/s1. The maximum Gasteiger partial charge on any atom is 0.345 e. The first-order chi connectivity index (χ1) is 11.1. The number of pyridine rings is 1. The molecule has 1 aliphatic heterocycles. The van der Waals surface area contributed by atoms with Crippen LogP contribution in [0, 0.1) is 0 Å². The second-order valence-electron chi connectivity index (χ2n) is 5.37. The Balaban J connectivity index is 2.11. The summed E-state index contributed by atoms with van der Waals surface area (Å²) in [6, 6.07) is 5.24. The molecule has 0 aliphatic carbocycles. The lowest BCUT2D eigenvalue weighted by Gasteiger charge is -2.16. The Morgan fingerprint density at radius 1 is 1.52 bits per heavy atom. The van der Waals surface area contributed by atoms with E-state index >= 15 is 0 Å². The number of aromatic nitrogens is 1. The number of para-hydroxylation sites is 1. The lowest BCUT2D eigenvalue weighted by Crippen LogP contribution is -2.25. The summed E-state index contributed by atoms with van der Waals surface area (Å²) in [6.07, 6.45) is 2.02. The summed E-state index contributed by atoms with van der Waals surface area (Å²) < 4.78 is 10.3.